The van der Waals surface area contributed by atoms with Gasteiger partial charge in [0.2, 0.25) is 0 Å². The van der Waals surface area contributed by atoms with Gasteiger partial charge < -0.3 is 4.74 Å². The molecule has 0 saturated heterocycles. The fourth-order valence-corrected chi connectivity index (χ4v) is 1.61. The second kappa shape index (κ2) is 6.08. The molecular formula is C10H9BrN2O3. The molecule has 0 atom stereocenters. The van der Waals surface area contributed by atoms with Gasteiger partial charge in [-0.2, -0.15) is 5.26 Å². The number of benzene rings is 1. The van der Waals surface area contributed by atoms with E-state index in [2.05, 4.69) is 15.9 Å². The SMILES string of the molecule is N#CCCCOc1cccc([N+](=O)[O-])c1Br. The summed E-state index contributed by atoms with van der Waals surface area (Å²) in [7, 11) is 0. The van der Waals surface area contributed by atoms with Gasteiger partial charge in [-0.05, 0) is 28.4 Å². The molecule has 1 aromatic carbocycles. The topological polar surface area (TPSA) is 76.2 Å². The molecule has 6 heteroatoms. The van der Waals surface area contributed by atoms with Crippen LogP contribution in [0.1, 0.15) is 12.8 Å². The molecule has 0 bridgehead atoms. The molecule has 16 heavy (non-hydrogen) atoms. The van der Waals surface area contributed by atoms with Gasteiger partial charge in [0.15, 0.2) is 0 Å². The van der Waals surface area contributed by atoms with Crippen LogP contribution in [0.5, 0.6) is 5.75 Å². The maximum absolute atomic E-state index is 10.6. The highest BCUT2D eigenvalue weighted by molar-refractivity contribution is 9.10. The van der Waals surface area contributed by atoms with E-state index in [1.807, 2.05) is 6.07 Å². The molecule has 0 aromatic heterocycles. The molecule has 5 nitrogen and oxygen atoms in total. The Hall–Kier alpha value is -1.61. The van der Waals surface area contributed by atoms with E-state index in [4.69, 9.17) is 10.00 Å². The van der Waals surface area contributed by atoms with E-state index in [1.165, 1.54) is 6.07 Å². The first kappa shape index (κ1) is 12.5. The zero-order chi connectivity index (χ0) is 12.0. The fourth-order valence-electron chi connectivity index (χ4n) is 1.09. The molecule has 0 aliphatic heterocycles. The minimum absolute atomic E-state index is 0.0298. The second-order valence-corrected chi connectivity index (χ2v) is 3.75. The average molecular weight is 285 g/mol. The highest BCUT2D eigenvalue weighted by Crippen LogP contribution is 2.33. The van der Waals surface area contributed by atoms with Crippen LogP contribution in [-0.4, -0.2) is 11.5 Å². The van der Waals surface area contributed by atoms with Crippen LogP contribution in [0.15, 0.2) is 22.7 Å². The largest absolute Gasteiger partial charge is 0.492 e. The zero-order valence-corrected chi connectivity index (χ0v) is 9.94. The Labute approximate surface area is 101 Å². The Morgan fingerprint density at radius 1 is 1.56 bits per heavy atom. The van der Waals surface area contributed by atoms with Crippen molar-refractivity contribution in [3.8, 4) is 11.8 Å². The molecule has 0 fully saturated rings. The zero-order valence-electron chi connectivity index (χ0n) is 8.35. The van der Waals surface area contributed by atoms with Crippen LogP contribution < -0.4 is 4.74 Å². The number of unbranched alkanes of at least 4 members (excludes halogenated alkanes) is 1. The smallest absolute Gasteiger partial charge is 0.287 e. The van der Waals surface area contributed by atoms with Crippen LogP contribution in [0.4, 0.5) is 5.69 Å². The van der Waals surface area contributed by atoms with E-state index >= 15 is 0 Å². The van der Waals surface area contributed by atoms with Gasteiger partial charge >= 0.3 is 0 Å². The van der Waals surface area contributed by atoms with E-state index in [0.717, 1.165) is 0 Å². The van der Waals surface area contributed by atoms with Crippen LogP contribution in [-0.2, 0) is 0 Å². The molecule has 0 radical (unpaired) electrons. The number of halogens is 1. The van der Waals surface area contributed by atoms with Crippen LogP contribution in [0, 0.1) is 21.4 Å². The maximum Gasteiger partial charge on any atom is 0.287 e. The number of nitrogens with zero attached hydrogens (tertiary/aromatic N) is 2. The van der Waals surface area contributed by atoms with E-state index in [1.54, 1.807) is 12.1 Å². The first-order valence-corrected chi connectivity index (χ1v) is 5.38. The summed E-state index contributed by atoms with van der Waals surface area (Å²) in [5, 5.41) is 19.0. The molecule has 1 rings (SSSR count). The predicted molar refractivity (Wildman–Crippen MR) is 61.1 cm³/mol. The summed E-state index contributed by atoms with van der Waals surface area (Å²) < 4.78 is 5.66. The number of hydrogen-bond acceptors (Lipinski definition) is 4. The molecule has 0 spiro atoms. The Morgan fingerprint density at radius 3 is 2.94 bits per heavy atom. The van der Waals surface area contributed by atoms with Gasteiger partial charge in [0, 0.05) is 12.5 Å². The molecule has 0 heterocycles. The first-order valence-electron chi connectivity index (χ1n) is 4.59. The van der Waals surface area contributed by atoms with Crippen molar-refractivity contribution in [3.05, 3.63) is 32.8 Å². The molecule has 0 N–H and O–H groups in total. The summed E-state index contributed by atoms with van der Waals surface area (Å²) in [5.74, 6) is 0.423. The van der Waals surface area contributed by atoms with Crippen LogP contribution >= 0.6 is 15.9 Å². The van der Waals surface area contributed by atoms with Gasteiger partial charge in [-0.3, -0.25) is 10.1 Å². The van der Waals surface area contributed by atoms with Gasteiger partial charge in [-0.15, -0.1) is 0 Å². The molecule has 0 aliphatic carbocycles. The van der Waals surface area contributed by atoms with Gasteiger partial charge in [0.25, 0.3) is 5.69 Å². The molecule has 0 aliphatic rings. The van der Waals surface area contributed by atoms with Crippen molar-refractivity contribution >= 4 is 21.6 Å². The Bertz CT molecular complexity index is 429. The van der Waals surface area contributed by atoms with Crippen molar-refractivity contribution in [1.82, 2.24) is 0 Å². The van der Waals surface area contributed by atoms with Crippen LogP contribution in [0.2, 0.25) is 0 Å². The van der Waals surface area contributed by atoms with E-state index in [9.17, 15) is 10.1 Å². The summed E-state index contributed by atoms with van der Waals surface area (Å²) in [4.78, 5) is 10.1. The van der Waals surface area contributed by atoms with Gasteiger partial charge in [-0.25, -0.2) is 0 Å². The van der Waals surface area contributed by atoms with Crippen molar-refractivity contribution in [3.63, 3.8) is 0 Å². The van der Waals surface area contributed by atoms with Gasteiger partial charge in [0.1, 0.15) is 10.2 Å². The van der Waals surface area contributed by atoms with Gasteiger partial charge in [0.05, 0.1) is 17.6 Å². The lowest BCUT2D eigenvalue weighted by molar-refractivity contribution is -0.385. The van der Waals surface area contributed by atoms with Crippen molar-refractivity contribution in [1.29, 1.82) is 5.26 Å². The highest BCUT2D eigenvalue weighted by Gasteiger charge is 2.15. The summed E-state index contributed by atoms with van der Waals surface area (Å²) >= 11 is 3.12. The van der Waals surface area contributed by atoms with E-state index in [0.29, 0.717) is 29.7 Å². The molecule has 0 unspecified atom stereocenters. The summed E-state index contributed by atoms with van der Waals surface area (Å²) in [6.07, 6.45) is 1.01. The summed E-state index contributed by atoms with van der Waals surface area (Å²) in [5.41, 5.74) is -0.0298. The lowest BCUT2D eigenvalue weighted by Gasteiger charge is -2.06. The molecule has 84 valence electrons. The number of nitro groups is 1. The van der Waals surface area contributed by atoms with E-state index < -0.39 is 4.92 Å². The lowest BCUT2D eigenvalue weighted by atomic mass is 10.3. The van der Waals surface area contributed by atoms with Crippen molar-refractivity contribution in [2.24, 2.45) is 0 Å². The van der Waals surface area contributed by atoms with Crippen LogP contribution in [0.3, 0.4) is 0 Å². The summed E-state index contributed by atoms with van der Waals surface area (Å²) in [6.45, 7) is 0.368. The first-order chi connectivity index (χ1) is 7.66. The lowest BCUT2D eigenvalue weighted by Crippen LogP contribution is -1.99. The normalized spacial score (nSPS) is 9.50. The van der Waals surface area contributed by atoms with Gasteiger partial charge in [-0.1, -0.05) is 6.07 Å². The van der Waals surface area contributed by atoms with E-state index in [-0.39, 0.29) is 5.69 Å². The highest BCUT2D eigenvalue weighted by atomic mass is 79.9. The van der Waals surface area contributed by atoms with Crippen LogP contribution in [0.25, 0.3) is 0 Å². The third kappa shape index (κ3) is 3.21. The minimum atomic E-state index is -0.480. The molecule has 0 saturated carbocycles. The average Bonchev–Trinajstić information content (AvgIpc) is 2.26. The quantitative estimate of drug-likeness (QED) is 0.473. The number of nitriles is 1. The molecule has 0 amide bonds. The standard InChI is InChI=1S/C10H9BrN2O3/c11-10-8(13(14)15)4-3-5-9(10)16-7-2-1-6-12/h3-5H,1-2,7H2. The Morgan fingerprint density at radius 2 is 2.31 bits per heavy atom. The molecular weight excluding hydrogens is 276 g/mol. The predicted octanol–water partition coefficient (Wildman–Crippen LogP) is 3.04. The monoisotopic (exact) mass is 284 g/mol. The number of ether oxygens (including phenoxy) is 1. The van der Waals surface area contributed by atoms with Crippen molar-refractivity contribution < 1.29 is 9.66 Å². The number of rotatable bonds is 5. The number of hydrogen-bond donors (Lipinski definition) is 0. The number of nitro benzene ring substituents is 1. The molecule has 1 aromatic rings. The van der Waals surface area contributed by atoms with Crippen molar-refractivity contribution in [2.75, 3.05) is 6.61 Å². The third-order valence-corrected chi connectivity index (χ3v) is 2.63. The van der Waals surface area contributed by atoms with Crippen molar-refractivity contribution in [2.45, 2.75) is 12.8 Å². The Balaban J connectivity index is 2.70. The second-order valence-electron chi connectivity index (χ2n) is 2.96. The maximum atomic E-state index is 10.6. The fraction of sp³-hybridized carbons (Fsp3) is 0.300. The Kier molecular flexibility index (Phi) is 4.73. The minimum Gasteiger partial charge on any atom is -0.492 e. The summed E-state index contributed by atoms with van der Waals surface area (Å²) in [6, 6.07) is 6.59. The third-order valence-electron chi connectivity index (χ3n) is 1.83.